The molecule has 0 aliphatic carbocycles. The van der Waals surface area contributed by atoms with Gasteiger partial charge in [0.1, 0.15) is 46.2 Å². The normalized spacial score (nSPS) is 15.7. The van der Waals surface area contributed by atoms with E-state index in [0.717, 1.165) is 59.6 Å². The Morgan fingerprint density at radius 3 is 1.86 bits per heavy atom. The molecule has 6 aromatic rings. The van der Waals surface area contributed by atoms with Crippen LogP contribution >= 0.6 is 34.3 Å². The van der Waals surface area contributed by atoms with E-state index in [1.807, 2.05) is 72.8 Å². The Hall–Kier alpha value is -5.41. The summed E-state index contributed by atoms with van der Waals surface area (Å²) in [5.41, 5.74) is 4.60. The van der Waals surface area contributed by atoms with Crippen molar-refractivity contribution in [3.63, 3.8) is 0 Å². The molecule has 0 saturated heterocycles. The van der Waals surface area contributed by atoms with Crippen LogP contribution < -0.4 is 18.9 Å². The number of carbonyl (C=O) groups is 1. The number of halogens is 1. The van der Waals surface area contributed by atoms with E-state index in [2.05, 4.69) is 45.0 Å². The van der Waals surface area contributed by atoms with Crippen LogP contribution in [-0.4, -0.2) is 23.0 Å². The maximum atomic E-state index is 11.6. The van der Waals surface area contributed by atoms with Gasteiger partial charge in [0.15, 0.2) is 10.0 Å². The predicted molar refractivity (Wildman–Crippen MR) is 195 cm³/mol. The SMILES string of the molecule is COC(=O)c1sc(Oc2ccc3c(c2)CCC(c2ccccc2)O3)nc1Cl.N#Cc1cnc(Oc2ccc3c(c2)CCC(c2ccccc2)O3)s1. The van der Waals surface area contributed by atoms with Gasteiger partial charge in [-0.2, -0.15) is 10.2 Å². The maximum Gasteiger partial charge on any atom is 0.351 e. The van der Waals surface area contributed by atoms with Crippen LogP contribution in [0.3, 0.4) is 0 Å². The Balaban J connectivity index is 0.000000160. The lowest BCUT2D eigenvalue weighted by Crippen LogP contribution is -2.15. The third kappa shape index (κ3) is 8.15. The summed E-state index contributed by atoms with van der Waals surface area (Å²) in [5, 5.41) is 9.69. The van der Waals surface area contributed by atoms with E-state index < -0.39 is 5.97 Å². The van der Waals surface area contributed by atoms with Gasteiger partial charge in [0, 0.05) is 0 Å². The number of ether oxygens (including phenoxy) is 5. The van der Waals surface area contributed by atoms with Crippen LogP contribution in [0.25, 0.3) is 0 Å². The smallest absolute Gasteiger partial charge is 0.351 e. The highest BCUT2D eigenvalue weighted by atomic mass is 35.5. The molecule has 51 heavy (non-hydrogen) atoms. The summed E-state index contributed by atoms with van der Waals surface area (Å²) in [7, 11) is 1.30. The quantitative estimate of drug-likeness (QED) is 0.148. The van der Waals surface area contributed by atoms with Crippen molar-refractivity contribution in [2.24, 2.45) is 0 Å². The molecule has 4 heterocycles. The number of nitriles is 1. The number of hydrogen-bond acceptors (Lipinski definition) is 11. The molecule has 2 aromatic heterocycles. The minimum Gasteiger partial charge on any atom is -0.485 e. The third-order valence-corrected chi connectivity index (χ3v) is 10.3. The Morgan fingerprint density at radius 2 is 1.35 bits per heavy atom. The van der Waals surface area contributed by atoms with Gasteiger partial charge in [-0.15, -0.1) is 0 Å². The van der Waals surface area contributed by atoms with Crippen LogP contribution in [0.4, 0.5) is 0 Å². The third-order valence-electron chi connectivity index (χ3n) is 8.24. The zero-order chi connectivity index (χ0) is 35.2. The van der Waals surface area contributed by atoms with Gasteiger partial charge >= 0.3 is 5.97 Å². The van der Waals surface area contributed by atoms with Crippen LogP contribution in [0.15, 0.2) is 103 Å². The number of carbonyl (C=O) groups excluding carboxylic acids is 1. The number of aromatic nitrogens is 2. The Morgan fingerprint density at radius 1 is 0.804 bits per heavy atom. The lowest BCUT2D eigenvalue weighted by atomic mass is 9.97. The summed E-state index contributed by atoms with van der Waals surface area (Å²) in [6.45, 7) is 0. The van der Waals surface area contributed by atoms with Crippen LogP contribution in [0.5, 0.6) is 33.4 Å². The van der Waals surface area contributed by atoms with E-state index in [1.165, 1.54) is 35.8 Å². The first-order valence-electron chi connectivity index (χ1n) is 16.1. The number of aryl methyl sites for hydroxylation is 2. The number of thiazole rings is 2. The number of methoxy groups -OCH3 is 1. The molecule has 2 aliphatic heterocycles. The van der Waals surface area contributed by atoms with Gasteiger partial charge in [0.25, 0.3) is 10.4 Å². The molecule has 2 unspecified atom stereocenters. The van der Waals surface area contributed by atoms with Crippen molar-refractivity contribution >= 4 is 40.2 Å². The van der Waals surface area contributed by atoms with Crippen LogP contribution in [0, 0.1) is 11.3 Å². The molecule has 12 heteroatoms. The molecule has 2 atom stereocenters. The first-order chi connectivity index (χ1) is 24.9. The summed E-state index contributed by atoms with van der Waals surface area (Å²) in [4.78, 5) is 20.6. The second-order valence-corrected chi connectivity index (χ2v) is 13.9. The van der Waals surface area contributed by atoms with Crippen LogP contribution in [0.1, 0.15) is 61.9 Å². The highest BCUT2D eigenvalue weighted by molar-refractivity contribution is 7.16. The molecule has 0 amide bonds. The molecule has 0 N–H and O–H groups in total. The van der Waals surface area contributed by atoms with Crippen molar-refractivity contribution in [2.45, 2.75) is 37.9 Å². The summed E-state index contributed by atoms with van der Waals surface area (Å²) < 4.78 is 28.5. The summed E-state index contributed by atoms with van der Waals surface area (Å²) in [5.74, 6) is 2.57. The average molecular weight is 736 g/mol. The van der Waals surface area contributed by atoms with E-state index >= 15 is 0 Å². The minimum absolute atomic E-state index is 0.0610. The minimum atomic E-state index is -0.529. The summed E-state index contributed by atoms with van der Waals surface area (Å²) in [6, 6.07) is 34.0. The fourth-order valence-electron chi connectivity index (χ4n) is 5.77. The highest BCUT2D eigenvalue weighted by Crippen LogP contribution is 2.40. The molecule has 256 valence electrons. The standard InChI is InChI=1S/C20H16ClNO4S.C19H14N2O2S/c1-24-19(23)17-18(21)22-20(27-17)25-14-8-10-16-13(11-14)7-9-15(26-16)12-5-3-2-4-6-12;20-11-16-12-21-19(24-16)22-15-7-9-18-14(10-15)6-8-17(23-18)13-4-2-1-3-5-13/h2-6,8,10-11,15H,7,9H2,1H3;1-5,7,9-10,12,17H,6,8H2. The number of hydrogen-bond donors (Lipinski definition) is 0. The fourth-order valence-corrected chi connectivity index (χ4v) is 7.41. The second kappa shape index (κ2) is 15.6. The molecule has 0 fully saturated rings. The van der Waals surface area contributed by atoms with E-state index in [4.69, 9.17) is 35.8 Å². The van der Waals surface area contributed by atoms with Crippen LogP contribution in [-0.2, 0) is 17.6 Å². The lowest BCUT2D eigenvalue weighted by Gasteiger charge is -2.26. The van der Waals surface area contributed by atoms with Crippen molar-refractivity contribution in [3.05, 3.63) is 140 Å². The van der Waals surface area contributed by atoms with E-state index in [1.54, 1.807) is 0 Å². The average Bonchev–Trinajstić information content (AvgIpc) is 3.80. The Labute approximate surface area is 307 Å². The molecular formula is C39H30ClN3O6S2. The number of fused-ring (bicyclic) bond motifs is 2. The van der Waals surface area contributed by atoms with Crippen LogP contribution in [0.2, 0.25) is 5.15 Å². The number of nitrogens with zero attached hydrogens (tertiary/aromatic N) is 3. The molecule has 0 bridgehead atoms. The first kappa shape index (κ1) is 34.1. The second-order valence-electron chi connectivity index (χ2n) is 11.5. The monoisotopic (exact) mass is 735 g/mol. The highest BCUT2D eigenvalue weighted by Gasteiger charge is 2.24. The van der Waals surface area contributed by atoms with E-state index in [9.17, 15) is 4.79 Å². The van der Waals surface area contributed by atoms with Crippen molar-refractivity contribution in [1.82, 2.24) is 9.97 Å². The van der Waals surface area contributed by atoms with E-state index in [-0.39, 0.29) is 22.2 Å². The van der Waals surface area contributed by atoms with E-state index in [0.29, 0.717) is 26.8 Å². The molecule has 9 nitrogen and oxygen atoms in total. The maximum absolute atomic E-state index is 11.6. The Kier molecular flexibility index (Phi) is 10.4. The molecule has 2 aliphatic rings. The van der Waals surface area contributed by atoms with Gasteiger partial charge in [-0.25, -0.2) is 9.78 Å². The summed E-state index contributed by atoms with van der Waals surface area (Å²) >= 11 is 8.26. The zero-order valence-corrected chi connectivity index (χ0v) is 29.7. The van der Waals surface area contributed by atoms with Gasteiger partial charge < -0.3 is 23.7 Å². The molecular weight excluding hydrogens is 706 g/mol. The van der Waals surface area contributed by atoms with Crippen molar-refractivity contribution in [2.75, 3.05) is 7.11 Å². The van der Waals surface area contributed by atoms with Gasteiger partial charge in [0.05, 0.1) is 13.3 Å². The number of esters is 1. The molecule has 0 radical (unpaired) electrons. The molecule has 0 saturated carbocycles. The first-order valence-corrected chi connectivity index (χ1v) is 18.1. The molecule has 0 spiro atoms. The van der Waals surface area contributed by atoms with Gasteiger partial charge in [-0.1, -0.05) is 94.9 Å². The van der Waals surface area contributed by atoms with Crippen molar-refractivity contribution in [3.8, 4) is 39.5 Å². The number of rotatable bonds is 7. The molecule has 8 rings (SSSR count). The zero-order valence-electron chi connectivity index (χ0n) is 27.3. The largest absolute Gasteiger partial charge is 0.485 e. The van der Waals surface area contributed by atoms with Crippen molar-refractivity contribution in [1.29, 1.82) is 5.26 Å². The lowest BCUT2D eigenvalue weighted by molar-refractivity contribution is 0.0606. The predicted octanol–water partition coefficient (Wildman–Crippen LogP) is 10.3. The van der Waals surface area contributed by atoms with Crippen molar-refractivity contribution < 1.29 is 28.5 Å². The number of benzene rings is 4. The fraction of sp³-hybridized carbons (Fsp3) is 0.179. The molecule has 4 aromatic carbocycles. The summed E-state index contributed by atoms with van der Waals surface area (Å²) in [6.07, 6.45) is 5.34. The van der Waals surface area contributed by atoms with Gasteiger partial charge in [-0.05, 0) is 84.3 Å². The topological polar surface area (TPSA) is 113 Å². The Bertz CT molecular complexity index is 2180. The van der Waals surface area contributed by atoms with Gasteiger partial charge in [-0.3, -0.25) is 0 Å². The van der Waals surface area contributed by atoms with Gasteiger partial charge in [0.2, 0.25) is 0 Å².